The van der Waals surface area contributed by atoms with Crippen molar-refractivity contribution in [1.29, 1.82) is 0 Å². The van der Waals surface area contributed by atoms with Gasteiger partial charge in [-0.2, -0.15) is 0 Å². The summed E-state index contributed by atoms with van der Waals surface area (Å²) in [4.78, 5) is 4.11. The van der Waals surface area contributed by atoms with Crippen LogP contribution >= 0.6 is 0 Å². The van der Waals surface area contributed by atoms with E-state index in [0.717, 1.165) is 0 Å². The fraction of sp³-hybridized carbons (Fsp3) is 0. The predicted molar refractivity (Wildman–Crippen MR) is 50.4 cm³/mol. The lowest BCUT2D eigenvalue weighted by molar-refractivity contribution is 1.37. The highest BCUT2D eigenvalue weighted by molar-refractivity contribution is 6.08. The highest BCUT2D eigenvalue weighted by Gasteiger charge is 2.00. The Morgan fingerprint density at radius 3 is 2.08 bits per heavy atom. The Morgan fingerprint density at radius 1 is 0.750 bits per heavy atom. The Kier molecular flexibility index (Phi) is 0.965. The molecule has 4 aromatic rings. The van der Waals surface area contributed by atoms with Crippen LogP contribution in [-0.4, -0.2) is 4.98 Å². The summed E-state index contributed by atoms with van der Waals surface area (Å²) in [6.45, 7) is 0. The second-order valence-electron chi connectivity index (χ2n) is 3.00. The maximum atomic E-state index is 4.11. The minimum absolute atomic E-state index is 1.26. The lowest BCUT2D eigenvalue weighted by atomic mass is 10.0. The van der Waals surface area contributed by atoms with Crippen molar-refractivity contribution in [2.45, 2.75) is 0 Å². The van der Waals surface area contributed by atoms with Crippen LogP contribution in [0.2, 0.25) is 0 Å². The van der Waals surface area contributed by atoms with Gasteiger partial charge in [0, 0.05) is 17.8 Å². The summed E-state index contributed by atoms with van der Waals surface area (Å²) in [5.41, 5.74) is 0. The fourth-order valence-electron chi connectivity index (χ4n) is 1.71. The first-order valence-electron chi connectivity index (χ1n) is 4.00. The van der Waals surface area contributed by atoms with Gasteiger partial charge in [-0.1, -0.05) is 24.3 Å². The minimum Gasteiger partial charge on any atom is -0.264 e. The van der Waals surface area contributed by atoms with E-state index < -0.39 is 0 Å². The number of hydrogen-bond donors (Lipinski definition) is 0. The number of fused-ring (bicyclic) bond motifs is 2. The molecule has 0 amide bonds. The molecule has 1 heterocycles. The summed E-state index contributed by atoms with van der Waals surface area (Å²) in [6, 6.07) is 10.6. The number of nitrogens with zero attached hydrogens (tertiary/aromatic N) is 1. The third-order valence-corrected chi connectivity index (χ3v) is 2.33. The van der Waals surface area contributed by atoms with Crippen molar-refractivity contribution >= 4 is 21.5 Å². The standard InChI is InChI=1S/C11H7N/c1-3-9-4-2-8(1)10-5-6-12-7-11(9)10/h1-7H. The molecular formula is C11H7N. The van der Waals surface area contributed by atoms with Crippen LogP contribution in [0.1, 0.15) is 0 Å². The summed E-state index contributed by atoms with van der Waals surface area (Å²) in [7, 11) is 0. The van der Waals surface area contributed by atoms with Gasteiger partial charge in [0.1, 0.15) is 0 Å². The molecule has 2 bridgehead atoms. The van der Waals surface area contributed by atoms with Crippen molar-refractivity contribution in [2.75, 3.05) is 0 Å². The number of rotatable bonds is 0. The Bertz CT molecular complexity index is 459. The van der Waals surface area contributed by atoms with Gasteiger partial charge in [0.15, 0.2) is 0 Å². The van der Waals surface area contributed by atoms with Crippen LogP contribution in [0.15, 0.2) is 42.7 Å². The molecule has 0 spiro atoms. The van der Waals surface area contributed by atoms with Crippen LogP contribution in [0.3, 0.4) is 0 Å². The SMILES string of the molecule is c1cc2c3ccc(cc3)c2cn1. The molecule has 3 aromatic carbocycles. The zero-order valence-corrected chi connectivity index (χ0v) is 6.49. The third-order valence-electron chi connectivity index (χ3n) is 2.33. The normalized spacial score (nSPS) is 11.3. The lowest BCUT2D eigenvalue weighted by Gasteiger charge is -2.04. The Balaban J connectivity index is 2.75. The van der Waals surface area contributed by atoms with E-state index in [1.54, 1.807) is 0 Å². The summed E-state index contributed by atoms with van der Waals surface area (Å²) in [5.74, 6) is 0. The number of benzene rings is 3. The van der Waals surface area contributed by atoms with E-state index in [9.17, 15) is 0 Å². The van der Waals surface area contributed by atoms with Gasteiger partial charge in [0.05, 0.1) is 0 Å². The number of pyridine rings is 1. The molecule has 56 valence electrons. The number of aromatic nitrogens is 1. The second kappa shape index (κ2) is 1.95. The van der Waals surface area contributed by atoms with E-state index in [-0.39, 0.29) is 0 Å². The molecule has 0 unspecified atom stereocenters. The first-order chi connectivity index (χ1) is 5.95. The van der Waals surface area contributed by atoms with Crippen LogP contribution in [0.25, 0.3) is 21.5 Å². The quantitative estimate of drug-likeness (QED) is 0.484. The molecule has 1 aromatic heterocycles. The van der Waals surface area contributed by atoms with Gasteiger partial charge in [-0.3, -0.25) is 4.98 Å². The average Bonchev–Trinajstić information content (AvgIpc) is 2.20. The first kappa shape index (κ1) is 5.95. The monoisotopic (exact) mass is 153 g/mol. The van der Waals surface area contributed by atoms with E-state index in [1.165, 1.54) is 21.5 Å². The van der Waals surface area contributed by atoms with Gasteiger partial charge in [-0.05, 0) is 22.2 Å². The Morgan fingerprint density at radius 2 is 1.42 bits per heavy atom. The van der Waals surface area contributed by atoms with Gasteiger partial charge in [-0.15, -0.1) is 0 Å². The first-order valence-corrected chi connectivity index (χ1v) is 4.00. The zero-order chi connectivity index (χ0) is 7.97. The van der Waals surface area contributed by atoms with Crippen LogP contribution in [0, 0.1) is 0 Å². The molecule has 0 fully saturated rings. The average molecular weight is 153 g/mol. The highest BCUT2D eigenvalue weighted by atomic mass is 14.6. The van der Waals surface area contributed by atoms with E-state index in [2.05, 4.69) is 35.3 Å². The van der Waals surface area contributed by atoms with E-state index in [0.29, 0.717) is 0 Å². The molecule has 1 nitrogen and oxygen atoms in total. The zero-order valence-electron chi connectivity index (χ0n) is 6.49. The Hall–Kier alpha value is -1.63. The molecule has 0 atom stereocenters. The maximum Gasteiger partial charge on any atom is 0.0352 e. The van der Waals surface area contributed by atoms with Crippen molar-refractivity contribution in [3.8, 4) is 0 Å². The van der Waals surface area contributed by atoms with E-state index in [4.69, 9.17) is 0 Å². The molecule has 0 saturated carbocycles. The molecule has 4 rings (SSSR count). The molecule has 0 aliphatic heterocycles. The summed E-state index contributed by atoms with van der Waals surface area (Å²) in [5, 5.41) is 5.14. The molecule has 1 heteroatoms. The topological polar surface area (TPSA) is 12.9 Å². The van der Waals surface area contributed by atoms with Crippen LogP contribution < -0.4 is 0 Å². The fourth-order valence-corrected chi connectivity index (χ4v) is 1.71. The van der Waals surface area contributed by atoms with Crippen molar-refractivity contribution in [3.05, 3.63) is 42.7 Å². The van der Waals surface area contributed by atoms with Gasteiger partial charge in [-0.25, -0.2) is 0 Å². The van der Waals surface area contributed by atoms with E-state index in [1.807, 2.05) is 12.4 Å². The van der Waals surface area contributed by atoms with Gasteiger partial charge in [0.2, 0.25) is 0 Å². The van der Waals surface area contributed by atoms with Crippen LogP contribution in [0.4, 0.5) is 0 Å². The molecule has 0 N–H and O–H groups in total. The summed E-state index contributed by atoms with van der Waals surface area (Å²) >= 11 is 0. The highest BCUT2D eigenvalue weighted by Crippen LogP contribution is 2.26. The van der Waals surface area contributed by atoms with Crippen molar-refractivity contribution in [2.24, 2.45) is 0 Å². The minimum atomic E-state index is 1.26. The van der Waals surface area contributed by atoms with Crippen molar-refractivity contribution in [3.63, 3.8) is 0 Å². The molecule has 0 saturated heterocycles. The second-order valence-corrected chi connectivity index (χ2v) is 3.00. The molecule has 0 radical (unpaired) electrons. The third kappa shape index (κ3) is 0.607. The maximum absolute atomic E-state index is 4.11. The summed E-state index contributed by atoms with van der Waals surface area (Å²) in [6.07, 6.45) is 3.77. The van der Waals surface area contributed by atoms with Gasteiger partial charge >= 0.3 is 0 Å². The molecule has 0 aliphatic carbocycles. The van der Waals surface area contributed by atoms with E-state index >= 15 is 0 Å². The lowest BCUT2D eigenvalue weighted by Crippen LogP contribution is -1.80. The van der Waals surface area contributed by atoms with Crippen LogP contribution in [-0.2, 0) is 0 Å². The van der Waals surface area contributed by atoms with Gasteiger partial charge < -0.3 is 0 Å². The van der Waals surface area contributed by atoms with Crippen molar-refractivity contribution < 1.29 is 0 Å². The molecule has 0 aliphatic rings. The van der Waals surface area contributed by atoms with Gasteiger partial charge in [0.25, 0.3) is 0 Å². The van der Waals surface area contributed by atoms with Crippen molar-refractivity contribution in [1.82, 2.24) is 4.98 Å². The van der Waals surface area contributed by atoms with Crippen LogP contribution in [0.5, 0.6) is 0 Å². The number of hydrogen-bond acceptors (Lipinski definition) is 1. The smallest absolute Gasteiger partial charge is 0.0352 e. The summed E-state index contributed by atoms with van der Waals surface area (Å²) < 4.78 is 0. The molecular weight excluding hydrogens is 146 g/mol. The Labute approximate surface area is 70.0 Å². The molecule has 12 heavy (non-hydrogen) atoms. The largest absolute Gasteiger partial charge is 0.264 e. The predicted octanol–water partition coefficient (Wildman–Crippen LogP) is 2.83.